The lowest BCUT2D eigenvalue weighted by atomic mass is 10.00. The first kappa shape index (κ1) is 26.3. The highest BCUT2D eigenvalue weighted by Crippen LogP contribution is 2.50. The van der Waals surface area contributed by atoms with Gasteiger partial charge in [0.2, 0.25) is 0 Å². The predicted octanol–water partition coefficient (Wildman–Crippen LogP) is 11.8. The summed E-state index contributed by atoms with van der Waals surface area (Å²) in [5.41, 5.74) is 4.43. The highest BCUT2D eigenvalue weighted by Gasteiger charge is 2.28. The summed E-state index contributed by atoms with van der Waals surface area (Å²) in [6, 6.07) is 9.93. The number of unbranched alkanes of at least 4 members (excludes halogenated alkanes) is 10. The largest absolute Gasteiger partial charge is 0.140 e. The molecule has 0 nitrogen and oxygen atoms in total. The standard InChI is InChI=1S/C33H42S3/c1-3-5-7-9-11-13-15-26-19-24-21-28-29-22-25-20-27(16-14-12-10-8-6-4-2)35-32(25)23-33(29)36-31(28)18-17-30(24)34-26/h17-23,31H,3-16H2,1-2H3. The van der Waals surface area contributed by atoms with E-state index in [1.54, 1.807) is 9.75 Å². The average Bonchev–Trinajstić information content (AvgIpc) is 3.53. The Morgan fingerprint density at radius 1 is 0.694 bits per heavy atom. The Labute approximate surface area is 231 Å². The van der Waals surface area contributed by atoms with Crippen molar-refractivity contribution in [1.29, 1.82) is 0 Å². The third kappa shape index (κ3) is 6.40. The summed E-state index contributed by atoms with van der Waals surface area (Å²) in [7, 11) is 0. The number of thiophene rings is 2. The lowest BCUT2D eigenvalue weighted by Gasteiger charge is -2.04. The smallest absolute Gasteiger partial charge is 0.0534 e. The van der Waals surface area contributed by atoms with Crippen molar-refractivity contribution >= 4 is 62.2 Å². The molecular formula is C33H42S3. The summed E-state index contributed by atoms with van der Waals surface area (Å²) in [6.07, 6.45) is 26.3. The molecule has 2 aromatic heterocycles. The molecule has 0 fully saturated rings. The maximum absolute atomic E-state index is 2.51. The first-order valence-electron chi connectivity index (χ1n) is 14.5. The van der Waals surface area contributed by atoms with Gasteiger partial charge in [-0.2, -0.15) is 0 Å². The van der Waals surface area contributed by atoms with E-state index < -0.39 is 0 Å². The quantitative estimate of drug-likeness (QED) is 0.185. The van der Waals surface area contributed by atoms with E-state index >= 15 is 0 Å². The molecule has 1 atom stereocenters. The van der Waals surface area contributed by atoms with Crippen LogP contribution in [0.2, 0.25) is 0 Å². The van der Waals surface area contributed by atoms with E-state index in [0.717, 1.165) is 0 Å². The van der Waals surface area contributed by atoms with E-state index in [-0.39, 0.29) is 0 Å². The molecule has 1 aliphatic carbocycles. The van der Waals surface area contributed by atoms with Crippen molar-refractivity contribution in [3.63, 3.8) is 0 Å². The van der Waals surface area contributed by atoms with Gasteiger partial charge in [-0.1, -0.05) is 84.1 Å². The van der Waals surface area contributed by atoms with Gasteiger partial charge in [-0.3, -0.25) is 0 Å². The van der Waals surface area contributed by atoms with Crippen LogP contribution in [-0.2, 0) is 12.8 Å². The van der Waals surface area contributed by atoms with E-state index in [4.69, 9.17) is 0 Å². The van der Waals surface area contributed by atoms with Crippen LogP contribution in [0, 0.1) is 0 Å². The van der Waals surface area contributed by atoms with E-state index in [9.17, 15) is 0 Å². The predicted molar refractivity (Wildman–Crippen MR) is 167 cm³/mol. The number of aryl methyl sites for hydroxylation is 2. The van der Waals surface area contributed by atoms with Crippen molar-refractivity contribution in [2.75, 3.05) is 0 Å². The molecule has 0 radical (unpaired) electrons. The van der Waals surface area contributed by atoms with E-state index in [2.05, 4.69) is 56.3 Å². The van der Waals surface area contributed by atoms with Crippen molar-refractivity contribution in [3.8, 4) is 0 Å². The third-order valence-corrected chi connectivity index (χ3v) is 11.3. The summed E-state index contributed by atoms with van der Waals surface area (Å²) in [5.74, 6) is 0. The van der Waals surface area contributed by atoms with Gasteiger partial charge in [0.05, 0.1) is 5.25 Å². The van der Waals surface area contributed by atoms with Gasteiger partial charge in [0.25, 0.3) is 0 Å². The topological polar surface area (TPSA) is 0 Å². The van der Waals surface area contributed by atoms with Crippen LogP contribution in [0.25, 0.3) is 27.8 Å². The lowest BCUT2D eigenvalue weighted by Crippen LogP contribution is -1.93. The Balaban J connectivity index is 1.26. The average molecular weight is 535 g/mol. The van der Waals surface area contributed by atoms with Crippen molar-refractivity contribution in [1.82, 2.24) is 0 Å². The Hall–Kier alpha value is -1.29. The molecule has 3 aromatic rings. The van der Waals surface area contributed by atoms with Crippen LogP contribution >= 0.6 is 34.4 Å². The van der Waals surface area contributed by atoms with Gasteiger partial charge in [-0.25, -0.2) is 0 Å². The van der Waals surface area contributed by atoms with Crippen LogP contribution < -0.4 is 0 Å². The van der Waals surface area contributed by atoms with Crippen molar-refractivity contribution in [2.24, 2.45) is 0 Å². The number of hydrogen-bond acceptors (Lipinski definition) is 3. The number of thioether (sulfide) groups is 1. The number of benzene rings is 1. The number of rotatable bonds is 14. The first-order valence-corrected chi connectivity index (χ1v) is 17.0. The Kier molecular flexibility index (Phi) is 9.49. The first-order chi connectivity index (χ1) is 17.7. The normalized spacial score (nSPS) is 16.2. The van der Waals surface area contributed by atoms with Gasteiger partial charge >= 0.3 is 0 Å². The fraction of sp³-hybridized carbons (Fsp3) is 0.515. The summed E-state index contributed by atoms with van der Waals surface area (Å²) >= 11 is 6.09. The molecule has 3 heteroatoms. The highest BCUT2D eigenvalue weighted by atomic mass is 32.2. The lowest BCUT2D eigenvalue weighted by molar-refractivity contribution is 0.609. The fourth-order valence-electron chi connectivity index (χ4n) is 5.57. The summed E-state index contributed by atoms with van der Waals surface area (Å²) in [6.45, 7) is 4.59. The Morgan fingerprint density at radius 2 is 1.36 bits per heavy atom. The molecule has 0 bridgehead atoms. The van der Waals surface area contributed by atoms with Gasteiger partial charge in [0.1, 0.15) is 0 Å². The van der Waals surface area contributed by atoms with E-state index in [0.29, 0.717) is 5.25 Å². The molecule has 36 heavy (non-hydrogen) atoms. The highest BCUT2D eigenvalue weighted by molar-refractivity contribution is 8.01. The second-order valence-electron chi connectivity index (χ2n) is 10.7. The molecular weight excluding hydrogens is 493 g/mol. The molecule has 0 saturated carbocycles. The van der Waals surface area contributed by atoms with Gasteiger partial charge < -0.3 is 0 Å². The Bertz CT molecular complexity index is 1210. The van der Waals surface area contributed by atoms with Crippen LogP contribution in [0.1, 0.15) is 117 Å². The van der Waals surface area contributed by atoms with Crippen LogP contribution in [0.3, 0.4) is 0 Å². The fourth-order valence-corrected chi connectivity index (χ4v) is 9.11. The molecule has 3 heterocycles. The maximum atomic E-state index is 2.51. The zero-order chi connectivity index (χ0) is 24.7. The second-order valence-corrected chi connectivity index (χ2v) is 14.2. The zero-order valence-corrected chi connectivity index (χ0v) is 24.7. The van der Waals surface area contributed by atoms with E-state index in [1.807, 2.05) is 34.4 Å². The summed E-state index contributed by atoms with van der Waals surface area (Å²) in [5, 5.41) is 1.91. The minimum Gasteiger partial charge on any atom is -0.140 e. The number of fused-ring (bicyclic) bond motifs is 5. The summed E-state index contributed by atoms with van der Waals surface area (Å²) in [4.78, 5) is 6.06. The van der Waals surface area contributed by atoms with Gasteiger partial charge in [-0.05, 0) is 84.2 Å². The molecule has 1 aliphatic heterocycles. The minimum atomic E-state index is 0.459. The molecule has 0 N–H and O–H groups in total. The van der Waals surface area contributed by atoms with Crippen LogP contribution in [0.5, 0.6) is 0 Å². The van der Waals surface area contributed by atoms with Crippen LogP contribution in [0.15, 0.2) is 35.2 Å². The number of hydrogen-bond donors (Lipinski definition) is 0. The monoisotopic (exact) mass is 534 g/mol. The van der Waals surface area contributed by atoms with Crippen molar-refractivity contribution in [2.45, 2.75) is 114 Å². The van der Waals surface area contributed by atoms with Crippen LogP contribution in [0.4, 0.5) is 0 Å². The zero-order valence-electron chi connectivity index (χ0n) is 22.2. The molecule has 0 spiro atoms. The maximum Gasteiger partial charge on any atom is 0.0534 e. The molecule has 2 aliphatic rings. The summed E-state index contributed by atoms with van der Waals surface area (Å²) < 4.78 is 1.47. The molecule has 1 unspecified atom stereocenters. The van der Waals surface area contributed by atoms with Gasteiger partial charge in [-0.15, -0.1) is 34.4 Å². The minimum absolute atomic E-state index is 0.459. The second kappa shape index (κ2) is 13.0. The molecule has 192 valence electrons. The molecule has 0 amide bonds. The SMILES string of the molecule is CCCCCCCCc1cc2c(s1)C=CC1Sc3cc4sc(CCCCCCCC)cc4cc3C1=C2. The van der Waals surface area contributed by atoms with Gasteiger partial charge in [0, 0.05) is 24.2 Å². The van der Waals surface area contributed by atoms with Gasteiger partial charge in [0.15, 0.2) is 0 Å². The Morgan fingerprint density at radius 3 is 2.08 bits per heavy atom. The van der Waals surface area contributed by atoms with Crippen molar-refractivity contribution < 1.29 is 0 Å². The van der Waals surface area contributed by atoms with Crippen LogP contribution in [-0.4, -0.2) is 5.25 Å². The molecule has 0 saturated heterocycles. The van der Waals surface area contributed by atoms with E-state index in [1.165, 1.54) is 126 Å². The third-order valence-electron chi connectivity index (χ3n) is 7.67. The molecule has 5 rings (SSSR count). The van der Waals surface area contributed by atoms with Crippen molar-refractivity contribution in [3.05, 3.63) is 56.1 Å². The molecule has 1 aromatic carbocycles.